The van der Waals surface area contributed by atoms with Gasteiger partial charge in [-0.25, -0.2) is 4.39 Å². The van der Waals surface area contributed by atoms with Crippen LogP contribution in [0.4, 0.5) is 4.39 Å². The molecule has 3 rings (SSSR count). The molecule has 0 aliphatic carbocycles. The van der Waals surface area contributed by atoms with Crippen LogP contribution in [0.3, 0.4) is 0 Å². The molecular weight excluding hydrogens is 281 g/mol. The van der Waals surface area contributed by atoms with Crippen LogP contribution in [0.25, 0.3) is 0 Å². The van der Waals surface area contributed by atoms with Crippen molar-refractivity contribution in [2.45, 2.75) is 19.5 Å². The molecule has 1 aliphatic heterocycles. The van der Waals surface area contributed by atoms with Crippen molar-refractivity contribution >= 4 is 5.91 Å². The molecule has 0 fully saturated rings. The number of hydrogen-bond acceptors (Lipinski definition) is 2. The normalized spacial score (nSPS) is 17.4. The van der Waals surface area contributed by atoms with Crippen molar-refractivity contribution in [2.24, 2.45) is 0 Å². The van der Waals surface area contributed by atoms with Gasteiger partial charge in [0.05, 0.1) is 6.54 Å². The summed E-state index contributed by atoms with van der Waals surface area (Å²) in [4.78, 5) is 14.3. The summed E-state index contributed by atoms with van der Waals surface area (Å²) in [6.45, 7) is 4.31. The Morgan fingerprint density at radius 2 is 2.09 bits per heavy atom. The van der Waals surface area contributed by atoms with Gasteiger partial charge in [0.2, 0.25) is 5.91 Å². The zero-order valence-corrected chi connectivity index (χ0v) is 12.6. The van der Waals surface area contributed by atoms with E-state index in [0.717, 1.165) is 18.8 Å². The molecule has 1 unspecified atom stereocenters. The summed E-state index contributed by atoms with van der Waals surface area (Å²) in [6.07, 6.45) is 1.98. The van der Waals surface area contributed by atoms with Gasteiger partial charge in [-0.05, 0) is 24.7 Å². The molecule has 2 aromatic rings. The number of amides is 1. The molecule has 1 aromatic heterocycles. The van der Waals surface area contributed by atoms with Gasteiger partial charge in [-0.2, -0.15) is 0 Å². The van der Waals surface area contributed by atoms with Crippen LogP contribution in [0.1, 0.15) is 24.2 Å². The molecule has 0 radical (unpaired) electrons. The molecule has 22 heavy (non-hydrogen) atoms. The van der Waals surface area contributed by atoms with Crippen LogP contribution in [-0.4, -0.2) is 35.0 Å². The SMILES string of the molecule is CCNCC(=O)N1CCn2cccc2C1c1ccccc1F. The van der Waals surface area contributed by atoms with Crippen LogP contribution in [0.15, 0.2) is 42.6 Å². The number of nitrogens with one attached hydrogen (secondary N) is 1. The molecule has 0 bridgehead atoms. The van der Waals surface area contributed by atoms with E-state index in [4.69, 9.17) is 0 Å². The monoisotopic (exact) mass is 301 g/mol. The number of rotatable bonds is 4. The Hall–Kier alpha value is -2.14. The van der Waals surface area contributed by atoms with Crippen molar-refractivity contribution in [2.75, 3.05) is 19.6 Å². The van der Waals surface area contributed by atoms with E-state index < -0.39 is 0 Å². The van der Waals surface area contributed by atoms with E-state index in [-0.39, 0.29) is 24.3 Å². The smallest absolute Gasteiger partial charge is 0.237 e. The Balaban J connectivity index is 2.00. The predicted molar refractivity (Wildman–Crippen MR) is 82.9 cm³/mol. The lowest BCUT2D eigenvalue weighted by Gasteiger charge is -2.37. The van der Waals surface area contributed by atoms with Crippen LogP contribution in [0, 0.1) is 5.82 Å². The molecule has 1 aromatic carbocycles. The average molecular weight is 301 g/mol. The summed E-state index contributed by atoms with van der Waals surface area (Å²) in [5.41, 5.74) is 1.51. The first-order valence-corrected chi connectivity index (χ1v) is 7.62. The summed E-state index contributed by atoms with van der Waals surface area (Å²) in [5, 5.41) is 3.06. The van der Waals surface area contributed by atoms with Gasteiger partial charge in [-0.1, -0.05) is 25.1 Å². The molecule has 1 atom stereocenters. The summed E-state index contributed by atoms with van der Waals surface area (Å²) in [7, 11) is 0. The van der Waals surface area contributed by atoms with E-state index >= 15 is 0 Å². The van der Waals surface area contributed by atoms with Crippen molar-refractivity contribution in [3.63, 3.8) is 0 Å². The molecule has 1 aliphatic rings. The van der Waals surface area contributed by atoms with Crippen molar-refractivity contribution in [1.82, 2.24) is 14.8 Å². The lowest BCUT2D eigenvalue weighted by Crippen LogP contribution is -2.46. The van der Waals surface area contributed by atoms with Gasteiger partial charge in [0.25, 0.3) is 0 Å². The zero-order valence-electron chi connectivity index (χ0n) is 12.6. The second-order valence-corrected chi connectivity index (χ2v) is 5.42. The third-order valence-corrected chi connectivity index (χ3v) is 4.08. The number of halogens is 1. The number of carbonyl (C=O) groups excluding carboxylic acids is 1. The van der Waals surface area contributed by atoms with Crippen LogP contribution < -0.4 is 5.32 Å². The molecule has 0 saturated carbocycles. The Bertz CT molecular complexity index is 667. The lowest BCUT2D eigenvalue weighted by molar-refractivity contribution is -0.132. The summed E-state index contributed by atoms with van der Waals surface area (Å²) < 4.78 is 16.4. The van der Waals surface area contributed by atoms with Gasteiger partial charge in [-0.3, -0.25) is 4.79 Å². The molecular formula is C17H20FN3O. The third-order valence-electron chi connectivity index (χ3n) is 4.08. The minimum absolute atomic E-state index is 0.00236. The summed E-state index contributed by atoms with van der Waals surface area (Å²) in [5.74, 6) is -0.272. The van der Waals surface area contributed by atoms with E-state index in [2.05, 4.69) is 9.88 Å². The first-order valence-electron chi connectivity index (χ1n) is 7.62. The van der Waals surface area contributed by atoms with Gasteiger partial charge >= 0.3 is 0 Å². The average Bonchev–Trinajstić information content (AvgIpc) is 3.01. The topological polar surface area (TPSA) is 37.3 Å². The zero-order chi connectivity index (χ0) is 15.5. The highest BCUT2D eigenvalue weighted by Gasteiger charge is 2.33. The van der Waals surface area contributed by atoms with Crippen molar-refractivity contribution in [3.05, 3.63) is 59.7 Å². The van der Waals surface area contributed by atoms with Gasteiger partial charge in [0.15, 0.2) is 0 Å². The van der Waals surface area contributed by atoms with Gasteiger partial charge < -0.3 is 14.8 Å². The number of benzene rings is 1. The van der Waals surface area contributed by atoms with Gasteiger partial charge in [0, 0.05) is 30.5 Å². The van der Waals surface area contributed by atoms with E-state index in [1.807, 2.05) is 31.3 Å². The van der Waals surface area contributed by atoms with Gasteiger partial charge in [0.1, 0.15) is 11.9 Å². The highest BCUT2D eigenvalue weighted by atomic mass is 19.1. The molecule has 1 N–H and O–H groups in total. The Morgan fingerprint density at radius 3 is 2.86 bits per heavy atom. The molecule has 1 amide bonds. The van der Waals surface area contributed by atoms with Crippen LogP contribution >= 0.6 is 0 Å². The minimum Gasteiger partial charge on any atom is -0.348 e. The molecule has 4 nitrogen and oxygen atoms in total. The summed E-state index contributed by atoms with van der Waals surface area (Å²) >= 11 is 0. The predicted octanol–water partition coefficient (Wildman–Crippen LogP) is 2.17. The number of nitrogens with zero attached hydrogens (tertiary/aromatic N) is 2. The van der Waals surface area contributed by atoms with Gasteiger partial charge in [-0.15, -0.1) is 0 Å². The van der Waals surface area contributed by atoms with E-state index in [1.165, 1.54) is 6.07 Å². The number of hydrogen-bond donors (Lipinski definition) is 1. The first kappa shape index (κ1) is 14.8. The molecule has 0 saturated heterocycles. The fourth-order valence-electron chi connectivity index (χ4n) is 3.01. The fourth-order valence-corrected chi connectivity index (χ4v) is 3.01. The van der Waals surface area contributed by atoms with E-state index in [1.54, 1.807) is 17.0 Å². The van der Waals surface area contributed by atoms with E-state index in [0.29, 0.717) is 12.1 Å². The van der Waals surface area contributed by atoms with Crippen LogP contribution in [0.5, 0.6) is 0 Å². The fraction of sp³-hybridized carbons (Fsp3) is 0.353. The Labute approximate surface area is 129 Å². The van der Waals surface area contributed by atoms with Crippen molar-refractivity contribution in [1.29, 1.82) is 0 Å². The van der Waals surface area contributed by atoms with E-state index in [9.17, 15) is 9.18 Å². The second kappa shape index (κ2) is 6.32. The highest BCUT2D eigenvalue weighted by molar-refractivity contribution is 5.79. The second-order valence-electron chi connectivity index (χ2n) is 5.42. The molecule has 116 valence electrons. The lowest BCUT2D eigenvalue weighted by atomic mass is 9.99. The molecule has 0 spiro atoms. The maximum Gasteiger partial charge on any atom is 0.237 e. The third kappa shape index (κ3) is 2.64. The minimum atomic E-state index is -0.365. The Morgan fingerprint density at radius 1 is 1.27 bits per heavy atom. The van der Waals surface area contributed by atoms with Crippen molar-refractivity contribution < 1.29 is 9.18 Å². The highest BCUT2D eigenvalue weighted by Crippen LogP contribution is 2.33. The maximum atomic E-state index is 14.3. The standard InChI is InChI=1S/C17H20FN3O/c1-2-19-12-16(22)21-11-10-20-9-5-8-15(20)17(21)13-6-3-4-7-14(13)18/h3-9,17,19H,2,10-12H2,1H3. The van der Waals surface area contributed by atoms with Crippen LogP contribution in [-0.2, 0) is 11.3 Å². The maximum absolute atomic E-state index is 14.3. The number of carbonyl (C=O) groups is 1. The molecule has 5 heteroatoms. The first-order chi connectivity index (χ1) is 10.7. The number of likely N-dealkylation sites (N-methyl/N-ethyl adjacent to an activating group) is 1. The largest absolute Gasteiger partial charge is 0.348 e. The Kier molecular flexibility index (Phi) is 4.24. The van der Waals surface area contributed by atoms with Crippen molar-refractivity contribution in [3.8, 4) is 0 Å². The molecule has 2 heterocycles. The number of aromatic nitrogens is 1. The number of fused-ring (bicyclic) bond motifs is 1. The summed E-state index contributed by atoms with van der Waals surface area (Å²) in [6, 6.07) is 10.2. The van der Waals surface area contributed by atoms with Crippen LogP contribution in [0.2, 0.25) is 0 Å². The quantitative estimate of drug-likeness (QED) is 0.940.